The predicted molar refractivity (Wildman–Crippen MR) is 47.8 cm³/mol. The molecule has 0 aliphatic carbocycles. The Morgan fingerprint density at radius 3 is 2.91 bits per heavy atom. The highest BCUT2D eigenvalue weighted by Crippen LogP contribution is 1.88. The Bertz CT molecular complexity index is 325. The standard InChI is InChI=1S/C8H7NOS/c10-8-4-3-7(6-9-8)2-1-5-11/h3-4,6,11H,5H2,(H,9,10). The topological polar surface area (TPSA) is 32.9 Å². The van der Waals surface area contributed by atoms with Crippen molar-refractivity contribution < 1.29 is 0 Å². The van der Waals surface area contributed by atoms with Crippen molar-refractivity contribution >= 4 is 12.6 Å². The van der Waals surface area contributed by atoms with E-state index in [9.17, 15) is 4.79 Å². The molecule has 0 saturated heterocycles. The molecule has 0 aromatic carbocycles. The Kier molecular flexibility index (Phi) is 2.82. The monoisotopic (exact) mass is 165 g/mol. The maximum absolute atomic E-state index is 10.6. The van der Waals surface area contributed by atoms with Crippen molar-refractivity contribution in [1.29, 1.82) is 0 Å². The van der Waals surface area contributed by atoms with Gasteiger partial charge in [-0.1, -0.05) is 11.8 Å². The Balaban J connectivity index is 2.90. The zero-order valence-electron chi connectivity index (χ0n) is 5.79. The Labute approximate surface area is 70.1 Å². The molecule has 0 saturated carbocycles. The van der Waals surface area contributed by atoms with E-state index in [1.165, 1.54) is 6.07 Å². The minimum absolute atomic E-state index is 0.110. The largest absolute Gasteiger partial charge is 0.328 e. The van der Waals surface area contributed by atoms with Crippen LogP contribution in [-0.2, 0) is 0 Å². The first-order valence-electron chi connectivity index (χ1n) is 3.11. The Morgan fingerprint density at radius 2 is 2.36 bits per heavy atom. The Hall–Kier alpha value is -1.14. The van der Waals surface area contributed by atoms with E-state index < -0.39 is 0 Å². The molecular weight excluding hydrogens is 158 g/mol. The van der Waals surface area contributed by atoms with E-state index in [1.807, 2.05) is 0 Å². The smallest absolute Gasteiger partial charge is 0.247 e. The number of H-pyrrole nitrogens is 1. The van der Waals surface area contributed by atoms with Crippen LogP contribution < -0.4 is 5.56 Å². The molecule has 0 fully saturated rings. The van der Waals surface area contributed by atoms with Crippen LogP contribution >= 0.6 is 12.6 Å². The number of pyridine rings is 1. The first-order chi connectivity index (χ1) is 5.33. The molecule has 1 aromatic rings. The quantitative estimate of drug-likeness (QED) is 0.429. The van der Waals surface area contributed by atoms with Gasteiger partial charge in [0, 0.05) is 17.8 Å². The highest BCUT2D eigenvalue weighted by Gasteiger charge is 1.83. The minimum Gasteiger partial charge on any atom is -0.328 e. The summed E-state index contributed by atoms with van der Waals surface area (Å²) in [5.41, 5.74) is 0.695. The van der Waals surface area contributed by atoms with Gasteiger partial charge in [0.2, 0.25) is 5.56 Å². The summed E-state index contributed by atoms with van der Waals surface area (Å²) in [5.74, 6) is 6.13. The zero-order valence-corrected chi connectivity index (χ0v) is 6.69. The molecule has 1 rings (SSSR count). The van der Waals surface area contributed by atoms with Gasteiger partial charge < -0.3 is 4.98 Å². The summed E-state index contributed by atoms with van der Waals surface area (Å²) in [5, 5.41) is 0. The average Bonchev–Trinajstić information content (AvgIpc) is 2.04. The summed E-state index contributed by atoms with van der Waals surface area (Å²) in [6.45, 7) is 0. The first kappa shape index (κ1) is 7.96. The molecule has 0 radical (unpaired) electrons. The second-order valence-electron chi connectivity index (χ2n) is 1.90. The van der Waals surface area contributed by atoms with Gasteiger partial charge in [-0.3, -0.25) is 4.79 Å². The lowest BCUT2D eigenvalue weighted by Crippen LogP contribution is -2.01. The second kappa shape index (κ2) is 3.89. The van der Waals surface area contributed by atoms with E-state index in [0.717, 1.165) is 5.56 Å². The number of nitrogens with one attached hydrogen (secondary N) is 1. The number of aromatic nitrogens is 1. The molecule has 11 heavy (non-hydrogen) atoms. The maximum Gasteiger partial charge on any atom is 0.247 e. The molecule has 1 N–H and O–H groups in total. The molecule has 0 amide bonds. The van der Waals surface area contributed by atoms with E-state index >= 15 is 0 Å². The maximum atomic E-state index is 10.6. The van der Waals surface area contributed by atoms with Crippen LogP contribution in [0.25, 0.3) is 0 Å². The molecule has 1 aromatic heterocycles. The van der Waals surface area contributed by atoms with Crippen LogP contribution in [0, 0.1) is 11.8 Å². The van der Waals surface area contributed by atoms with Crippen molar-refractivity contribution in [3.63, 3.8) is 0 Å². The van der Waals surface area contributed by atoms with Gasteiger partial charge in [0.15, 0.2) is 0 Å². The first-order valence-corrected chi connectivity index (χ1v) is 3.74. The molecular formula is C8H7NOS. The van der Waals surface area contributed by atoms with E-state index in [1.54, 1.807) is 12.3 Å². The molecule has 0 atom stereocenters. The number of hydrogen-bond acceptors (Lipinski definition) is 2. The summed E-state index contributed by atoms with van der Waals surface area (Å²) in [4.78, 5) is 13.1. The zero-order chi connectivity index (χ0) is 8.10. The van der Waals surface area contributed by atoms with Crippen molar-refractivity contribution in [2.75, 3.05) is 5.75 Å². The molecule has 0 unspecified atom stereocenters. The van der Waals surface area contributed by atoms with Crippen LogP contribution in [0.5, 0.6) is 0 Å². The summed E-state index contributed by atoms with van der Waals surface area (Å²) in [7, 11) is 0. The van der Waals surface area contributed by atoms with E-state index in [0.29, 0.717) is 5.75 Å². The fraction of sp³-hybridized carbons (Fsp3) is 0.125. The van der Waals surface area contributed by atoms with Crippen molar-refractivity contribution in [2.24, 2.45) is 0 Å². The van der Waals surface area contributed by atoms with Gasteiger partial charge >= 0.3 is 0 Å². The minimum atomic E-state index is -0.110. The van der Waals surface area contributed by atoms with Crippen molar-refractivity contribution in [1.82, 2.24) is 4.98 Å². The molecule has 56 valence electrons. The van der Waals surface area contributed by atoms with Gasteiger partial charge in [-0.05, 0) is 6.07 Å². The van der Waals surface area contributed by atoms with Crippen LogP contribution in [-0.4, -0.2) is 10.7 Å². The summed E-state index contributed by atoms with van der Waals surface area (Å²) in [6.07, 6.45) is 1.58. The van der Waals surface area contributed by atoms with E-state index in [4.69, 9.17) is 0 Å². The lowest BCUT2D eigenvalue weighted by molar-refractivity contribution is 1.23. The third-order valence-electron chi connectivity index (χ3n) is 1.10. The van der Waals surface area contributed by atoms with Gasteiger partial charge in [-0.25, -0.2) is 0 Å². The highest BCUT2D eigenvalue weighted by atomic mass is 32.1. The van der Waals surface area contributed by atoms with Crippen LogP contribution in [0.15, 0.2) is 23.1 Å². The van der Waals surface area contributed by atoms with Gasteiger partial charge in [0.25, 0.3) is 0 Å². The number of aromatic amines is 1. The number of thiol groups is 1. The number of hydrogen-bond donors (Lipinski definition) is 2. The lowest BCUT2D eigenvalue weighted by atomic mass is 10.3. The third-order valence-corrected chi connectivity index (χ3v) is 1.25. The predicted octanol–water partition coefficient (Wildman–Crippen LogP) is 0.656. The van der Waals surface area contributed by atoms with Gasteiger partial charge in [-0.15, -0.1) is 0 Å². The average molecular weight is 165 g/mol. The van der Waals surface area contributed by atoms with Crippen LogP contribution in [0.2, 0.25) is 0 Å². The highest BCUT2D eigenvalue weighted by molar-refractivity contribution is 7.80. The lowest BCUT2D eigenvalue weighted by Gasteiger charge is -1.85. The molecule has 0 bridgehead atoms. The van der Waals surface area contributed by atoms with Gasteiger partial charge in [0.05, 0.1) is 5.75 Å². The van der Waals surface area contributed by atoms with Crippen molar-refractivity contribution in [3.05, 3.63) is 34.2 Å². The summed E-state index contributed by atoms with van der Waals surface area (Å²) < 4.78 is 0. The van der Waals surface area contributed by atoms with Gasteiger partial charge in [0.1, 0.15) is 0 Å². The van der Waals surface area contributed by atoms with Crippen LogP contribution in [0.4, 0.5) is 0 Å². The van der Waals surface area contributed by atoms with Crippen molar-refractivity contribution in [2.45, 2.75) is 0 Å². The van der Waals surface area contributed by atoms with Gasteiger partial charge in [-0.2, -0.15) is 12.6 Å². The number of rotatable bonds is 0. The normalized spacial score (nSPS) is 8.45. The SMILES string of the molecule is O=c1ccc(C#CCS)c[nH]1. The Morgan fingerprint density at radius 1 is 1.55 bits per heavy atom. The van der Waals surface area contributed by atoms with Crippen LogP contribution in [0.3, 0.4) is 0 Å². The summed E-state index contributed by atoms with van der Waals surface area (Å²) in [6, 6.07) is 3.12. The van der Waals surface area contributed by atoms with E-state index in [-0.39, 0.29) is 5.56 Å². The third kappa shape index (κ3) is 2.52. The molecule has 0 spiro atoms. The molecule has 3 heteroatoms. The molecule has 0 aliphatic rings. The van der Waals surface area contributed by atoms with Crippen molar-refractivity contribution in [3.8, 4) is 11.8 Å². The van der Waals surface area contributed by atoms with E-state index in [2.05, 4.69) is 29.5 Å². The second-order valence-corrected chi connectivity index (χ2v) is 2.22. The fourth-order valence-corrected chi connectivity index (χ4v) is 0.709. The molecule has 2 nitrogen and oxygen atoms in total. The molecule has 1 heterocycles. The van der Waals surface area contributed by atoms with Crippen LogP contribution in [0.1, 0.15) is 5.56 Å². The molecule has 0 aliphatic heterocycles. The summed E-state index contributed by atoms with van der Waals surface area (Å²) >= 11 is 3.93. The fourth-order valence-electron chi connectivity index (χ4n) is 0.630.